The van der Waals surface area contributed by atoms with Gasteiger partial charge in [0.1, 0.15) is 0 Å². The number of carbonyl (C=O) groups excluding carboxylic acids is 1. The first-order chi connectivity index (χ1) is 11.5. The molecule has 0 bridgehead atoms. The molecule has 1 heterocycles. The fraction of sp³-hybridized carbons (Fsp3) is 0.611. The van der Waals surface area contributed by atoms with Gasteiger partial charge in [-0.3, -0.25) is 9.69 Å². The number of carbonyl (C=O) groups is 1. The maximum atomic E-state index is 12.6. The molecule has 1 aromatic rings. The average Bonchev–Trinajstić information content (AvgIpc) is 2.57. The molecule has 0 aliphatic carbocycles. The minimum absolute atomic E-state index is 0.0848. The van der Waals surface area contributed by atoms with Crippen LogP contribution in [0, 0.1) is 0 Å². The molecule has 0 spiro atoms. The predicted octanol–water partition coefficient (Wildman–Crippen LogP) is 3.19. The van der Waals surface area contributed by atoms with Crippen LogP contribution in [0.25, 0.3) is 0 Å². The highest BCUT2D eigenvalue weighted by molar-refractivity contribution is 6.30. The number of hydrogen-bond donors (Lipinski definition) is 0. The van der Waals surface area contributed by atoms with Crippen molar-refractivity contribution in [2.45, 2.75) is 38.8 Å². The lowest BCUT2D eigenvalue weighted by Gasteiger charge is -2.39. The molecular weight excluding hydrogens is 328 g/mol. The smallest absolute Gasteiger partial charge is 0.239 e. The van der Waals surface area contributed by atoms with Gasteiger partial charge in [0.2, 0.25) is 5.91 Å². The van der Waals surface area contributed by atoms with Crippen LogP contribution < -0.4 is 9.47 Å². The summed E-state index contributed by atoms with van der Waals surface area (Å²) >= 11 is 6.22. The Labute approximate surface area is 149 Å². The molecule has 0 saturated carbocycles. The lowest BCUT2D eigenvalue weighted by Crippen LogP contribution is -2.55. The van der Waals surface area contributed by atoms with Crippen molar-refractivity contribution in [3.05, 3.63) is 22.7 Å². The van der Waals surface area contributed by atoms with Gasteiger partial charge in [0.05, 0.1) is 20.3 Å². The van der Waals surface area contributed by atoms with Crippen LogP contribution in [-0.2, 0) is 11.3 Å². The fourth-order valence-electron chi connectivity index (χ4n) is 3.19. The SMILES string of the molecule is CCCCC1C(=O)N(C)CCN1Cc1cc(Cl)cc(OC)c1OC. The van der Waals surface area contributed by atoms with Crippen molar-refractivity contribution in [2.24, 2.45) is 0 Å². The van der Waals surface area contributed by atoms with Crippen molar-refractivity contribution in [1.82, 2.24) is 9.80 Å². The largest absolute Gasteiger partial charge is 0.493 e. The van der Waals surface area contributed by atoms with Gasteiger partial charge in [-0.05, 0) is 12.5 Å². The first-order valence-electron chi connectivity index (χ1n) is 8.41. The Balaban J connectivity index is 2.27. The van der Waals surface area contributed by atoms with Crippen LogP contribution >= 0.6 is 11.6 Å². The Bertz CT molecular complexity index is 580. The van der Waals surface area contributed by atoms with Gasteiger partial charge in [-0.15, -0.1) is 0 Å². The summed E-state index contributed by atoms with van der Waals surface area (Å²) in [5.41, 5.74) is 0.945. The van der Waals surface area contributed by atoms with Gasteiger partial charge in [0.15, 0.2) is 11.5 Å². The van der Waals surface area contributed by atoms with Gasteiger partial charge in [-0.2, -0.15) is 0 Å². The number of rotatable bonds is 7. The third-order valence-corrected chi connectivity index (χ3v) is 4.77. The molecule has 1 saturated heterocycles. The third-order valence-electron chi connectivity index (χ3n) is 4.55. The van der Waals surface area contributed by atoms with Crippen LogP contribution in [0.2, 0.25) is 5.02 Å². The van der Waals surface area contributed by atoms with Crippen LogP contribution in [0.4, 0.5) is 0 Å². The lowest BCUT2D eigenvalue weighted by molar-refractivity contribution is -0.140. The highest BCUT2D eigenvalue weighted by Gasteiger charge is 2.33. The molecule has 1 aliphatic heterocycles. The maximum Gasteiger partial charge on any atom is 0.239 e. The second kappa shape index (κ2) is 8.58. The maximum absolute atomic E-state index is 12.6. The molecule has 6 heteroatoms. The quantitative estimate of drug-likeness (QED) is 0.754. The number of ether oxygens (including phenoxy) is 2. The Kier molecular flexibility index (Phi) is 6.75. The minimum Gasteiger partial charge on any atom is -0.493 e. The van der Waals surface area contributed by atoms with E-state index in [-0.39, 0.29) is 11.9 Å². The molecule has 1 unspecified atom stereocenters. The molecule has 134 valence electrons. The van der Waals surface area contributed by atoms with Gasteiger partial charge in [-0.25, -0.2) is 0 Å². The molecule has 24 heavy (non-hydrogen) atoms. The van der Waals surface area contributed by atoms with Gasteiger partial charge in [0.25, 0.3) is 0 Å². The Hall–Kier alpha value is -1.46. The summed E-state index contributed by atoms with van der Waals surface area (Å²) in [6, 6.07) is 3.55. The van der Waals surface area contributed by atoms with Crippen LogP contribution in [0.1, 0.15) is 31.7 Å². The van der Waals surface area contributed by atoms with E-state index < -0.39 is 0 Å². The molecule has 2 rings (SSSR count). The van der Waals surface area contributed by atoms with E-state index >= 15 is 0 Å². The molecule has 1 aliphatic rings. The Morgan fingerprint density at radius 3 is 2.62 bits per heavy atom. The van der Waals surface area contributed by atoms with Gasteiger partial charge < -0.3 is 14.4 Å². The van der Waals surface area contributed by atoms with E-state index in [1.54, 1.807) is 20.3 Å². The molecule has 0 radical (unpaired) electrons. The molecule has 0 aromatic heterocycles. The summed E-state index contributed by atoms with van der Waals surface area (Å²) in [7, 11) is 5.10. The third kappa shape index (κ3) is 4.14. The number of likely N-dealkylation sites (N-methyl/N-ethyl adjacent to an activating group) is 1. The van der Waals surface area contributed by atoms with E-state index in [4.69, 9.17) is 21.1 Å². The number of halogens is 1. The van der Waals surface area contributed by atoms with Crippen molar-refractivity contribution in [1.29, 1.82) is 0 Å². The van der Waals surface area contributed by atoms with Crippen LogP contribution in [0.3, 0.4) is 0 Å². The summed E-state index contributed by atoms with van der Waals surface area (Å²) < 4.78 is 10.9. The van der Waals surface area contributed by atoms with E-state index in [0.29, 0.717) is 23.1 Å². The zero-order valence-corrected chi connectivity index (χ0v) is 15.7. The van der Waals surface area contributed by atoms with Crippen LogP contribution in [-0.4, -0.2) is 56.1 Å². The van der Waals surface area contributed by atoms with Crippen molar-refractivity contribution < 1.29 is 14.3 Å². The highest BCUT2D eigenvalue weighted by atomic mass is 35.5. The van der Waals surface area contributed by atoms with Crippen molar-refractivity contribution in [2.75, 3.05) is 34.4 Å². The van der Waals surface area contributed by atoms with E-state index in [1.807, 2.05) is 18.0 Å². The lowest BCUT2D eigenvalue weighted by atomic mass is 10.0. The Morgan fingerprint density at radius 1 is 1.25 bits per heavy atom. The second-order valence-corrected chi connectivity index (χ2v) is 6.63. The van der Waals surface area contributed by atoms with Gasteiger partial charge in [-0.1, -0.05) is 31.4 Å². The number of nitrogens with zero attached hydrogens (tertiary/aromatic N) is 2. The number of hydrogen-bond acceptors (Lipinski definition) is 4. The number of benzene rings is 1. The highest BCUT2D eigenvalue weighted by Crippen LogP contribution is 2.36. The molecule has 0 N–H and O–H groups in total. The fourth-order valence-corrected chi connectivity index (χ4v) is 3.42. The molecule has 1 aromatic carbocycles. The van der Waals surface area contributed by atoms with Gasteiger partial charge in [0, 0.05) is 43.3 Å². The standard InChI is InChI=1S/C18H27ClN2O3/c1-5-6-7-15-18(22)20(2)8-9-21(15)12-13-10-14(19)11-16(23-3)17(13)24-4/h10-11,15H,5-9,12H2,1-4H3. The molecule has 5 nitrogen and oxygen atoms in total. The summed E-state index contributed by atoms with van der Waals surface area (Å²) in [6.07, 6.45) is 2.99. The van der Waals surface area contributed by atoms with Crippen LogP contribution in [0.15, 0.2) is 12.1 Å². The number of piperazine rings is 1. The molecular formula is C18H27ClN2O3. The summed E-state index contributed by atoms with van der Waals surface area (Å²) in [6.45, 7) is 4.34. The van der Waals surface area contributed by atoms with E-state index in [0.717, 1.165) is 37.9 Å². The summed E-state index contributed by atoms with van der Waals surface area (Å²) in [5, 5.41) is 0.605. The number of unbranched alkanes of at least 4 members (excludes halogenated alkanes) is 1. The molecule has 1 amide bonds. The van der Waals surface area contributed by atoms with Gasteiger partial charge >= 0.3 is 0 Å². The first kappa shape index (κ1) is 18.9. The Morgan fingerprint density at radius 2 is 2.00 bits per heavy atom. The van der Waals surface area contributed by atoms with E-state index in [2.05, 4.69) is 11.8 Å². The molecule has 1 atom stereocenters. The predicted molar refractivity (Wildman–Crippen MR) is 95.9 cm³/mol. The van der Waals surface area contributed by atoms with Crippen molar-refractivity contribution >= 4 is 17.5 Å². The van der Waals surface area contributed by atoms with E-state index in [1.165, 1.54) is 0 Å². The average molecular weight is 355 g/mol. The summed E-state index contributed by atoms with van der Waals surface area (Å²) in [4.78, 5) is 16.6. The number of amides is 1. The second-order valence-electron chi connectivity index (χ2n) is 6.19. The van der Waals surface area contributed by atoms with Crippen LogP contribution in [0.5, 0.6) is 11.5 Å². The topological polar surface area (TPSA) is 42.0 Å². The molecule has 1 fully saturated rings. The number of methoxy groups -OCH3 is 2. The summed E-state index contributed by atoms with van der Waals surface area (Å²) in [5.74, 6) is 1.50. The van der Waals surface area contributed by atoms with Crippen molar-refractivity contribution in [3.63, 3.8) is 0 Å². The minimum atomic E-state index is -0.0848. The first-order valence-corrected chi connectivity index (χ1v) is 8.79. The zero-order valence-electron chi connectivity index (χ0n) is 15.0. The van der Waals surface area contributed by atoms with E-state index in [9.17, 15) is 4.79 Å². The van der Waals surface area contributed by atoms with Crippen molar-refractivity contribution in [3.8, 4) is 11.5 Å². The monoisotopic (exact) mass is 354 g/mol. The normalized spacial score (nSPS) is 18.8. The zero-order chi connectivity index (χ0) is 17.7.